The van der Waals surface area contributed by atoms with Crippen molar-refractivity contribution in [3.05, 3.63) is 59.2 Å². The van der Waals surface area contributed by atoms with Gasteiger partial charge in [-0.1, -0.05) is 36.4 Å². The Morgan fingerprint density at radius 3 is 2.87 bits per heavy atom. The summed E-state index contributed by atoms with van der Waals surface area (Å²) in [7, 11) is 0. The number of nitrogens with one attached hydrogen (secondary N) is 1. The number of aliphatic hydroxyl groups is 1. The summed E-state index contributed by atoms with van der Waals surface area (Å²) in [4.78, 5) is 0. The number of fused-ring (bicyclic) bond motifs is 2. The molecule has 1 heterocycles. The molecule has 4 heteroatoms. The number of rotatable bonds is 3. The molecule has 0 amide bonds. The van der Waals surface area contributed by atoms with E-state index in [1.165, 1.54) is 11.1 Å². The smallest absolute Gasteiger partial charge is 0.165 e. The zero-order chi connectivity index (χ0) is 15.6. The van der Waals surface area contributed by atoms with E-state index in [2.05, 4.69) is 17.4 Å². The normalized spacial score (nSPS) is 22.5. The predicted octanol–water partition coefficient (Wildman–Crippen LogP) is 2.60. The molecular formula is C19H21NO3. The Labute approximate surface area is 136 Å². The predicted molar refractivity (Wildman–Crippen MR) is 87.8 cm³/mol. The van der Waals surface area contributed by atoms with Crippen molar-refractivity contribution in [3.63, 3.8) is 0 Å². The molecule has 0 saturated carbocycles. The van der Waals surface area contributed by atoms with Crippen LogP contribution in [0.1, 0.15) is 29.2 Å². The molecule has 0 fully saturated rings. The molecule has 2 N–H and O–H groups in total. The zero-order valence-electron chi connectivity index (χ0n) is 13.0. The van der Waals surface area contributed by atoms with Gasteiger partial charge in [0.2, 0.25) is 0 Å². The highest BCUT2D eigenvalue weighted by atomic mass is 16.5. The van der Waals surface area contributed by atoms with Crippen molar-refractivity contribution < 1.29 is 14.6 Å². The maximum Gasteiger partial charge on any atom is 0.165 e. The zero-order valence-corrected chi connectivity index (χ0v) is 13.0. The molecule has 0 aromatic heterocycles. The van der Waals surface area contributed by atoms with Gasteiger partial charge in [0.05, 0.1) is 25.4 Å². The minimum Gasteiger partial charge on any atom is -0.490 e. The van der Waals surface area contributed by atoms with Crippen LogP contribution in [0.5, 0.6) is 11.5 Å². The minimum absolute atomic E-state index is 0.0336. The van der Waals surface area contributed by atoms with Crippen molar-refractivity contribution in [2.75, 3.05) is 13.2 Å². The van der Waals surface area contributed by atoms with E-state index in [0.29, 0.717) is 26.2 Å². The standard InChI is InChI=1S/C19H21NO3/c21-16-11-13-5-1-2-7-15(13)18(16)20-12-14-6-3-8-17-19(14)23-10-4-9-22-17/h1-3,5-8,16,18,20-21H,4,9-12H2/t16-,18-/m0/s1. The van der Waals surface area contributed by atoms with E-state index in [-0.39, 0.29) is 12.1 Å². The van der Waals surface area contributed by atoms with Gasteiger partial charge in [0.15, 0.2) is 11.5 Å². The molecule has 1 aliphatic carbocycles. The number of benzene rings is 2. The van der Waals surface area contributed by atoms with E-state index < -0.39 is 0 Å². The fraction of sp³-hybridized carbons (Fsp3) is 0.368. The second kappa shape index (κ2) is 6.22. The molecule has 2 aromatic rings. The Kier molecular flexibility index (Phi) is 3.93. The molecule has 0 bridgehead atoms. The van der Waals surface area contributed by atoms with Crippen molar-refractivity contribution in [3.8, 4) is 11.5 Å². The van der Waals surface area contributed by atoms with Gasteiger partial charge in [0, 0.05) is 24.9 Å². The topological polar surface area (TPSA) is 50.7 Å². The van der Waals surface area contributed by atoms with Crippen molar-refractivity contribution in [1.82, 2.24) is 5.32 Å². The second-order valence-corrected chi connectivity index (χ2v) is 6.12. The van der Waals surface area contributed by atoms with Crippen LogP contribution in [0.3, 0.4) is 0 Å². The van der Waals surface area contributed by atoms with Gasteiger partial charge in [-0.05, 0) is 17.2 Å². The van der Waals surface area contributed by atoms with E-state index in [1.54, 1.807) is 0 Å². The average Bonchev–Trinajstić information content (AvgIpc) is 2.74. The number of para-hydroxylation sites is 1. The highest BCUT2D eigenvalue weighted by molar-refractivity contribution is 5.47. The lowest BCUT2D eigenvalue weighted by Crippen LogP contribution is -2.28. The average molecular weight is 311 g/mol. The molecule has 2 aliphatic rings. The van der Waals surface area contributed by atoms with E-state index in [4.69, 9.17) is 9.47 Å². The fourth-order valence-electron chi connectivity index (χ4n) is 3.43. The first-order valence-electron chi connectivity index (χ1n) is 8.19. The molecule has 0 unspecified atom stereocenters. The van der Waals surface area contributed by atoms with Crippen molar-refractivity contribution in [1.29, 1.82) is 0 Å². The summed E-state index contributed by atoms with van der Waals surface area (Å²) in [6.07, 6.45) is 1.23. The summed E-state index contributed by atoms with van der Waals surface area (Å²) in [5.74, 6) is 1.65. The number of ether oxygens (including phenoxy) is 2. The lowest BCUT2D eigenvalue weighted by molar-refractivity contribution is 0.140. The Morgan fingerprint density at radius 2 is 1.91 bits per heavy atom. The highest BCUT2D eigenvalue weighted by Crippen LogP contribution is 2.35. The van der Waals surface area contributed by atoms with Gasteiger partial charge < -0.3 is 19.9 Å². The maximum atomic E-state index is 10.4. The van der Waals surface area contributed by atoms with Gasteiger partial charge in [0.25, 0.3) is 0 Å². The molecule has 23 heavy (non-hydrogen) atoms. The molecule has 4 rings (SSSR count). The van der Waals surface area contributed by atoms with Crippen LogP contribution in [0.25, 0.3) is 0 Å². The quantitative estimate of drug-likeness (QED) is 0.915. The number of hydrogen-bond donors (Lipinski definition) is 2. The first-order chi connectivity index (χ1) is 11.3. The second-order valence-electron chi connectivity index (χ2n) is 6.12. The van der Waals surface area contributed by atoms with Crippen molar-refractivity contribution in [2.24, 2.45) is 0 Å². The first kappa shape index (κ1) is 14.5. The van der Waals surface area contributed by atoms with E-state index in [9.17, 15) is 5.11 Å². The molecule has 2 atom stereocenters. The third-order valence-corrected chi connectivity index (χ3v) is 4.57. The van der Waals surface area contributed by atoms with E-state index in [1.807, 2.05) is 30.3 Å². The van der Waals surface area contributed by atoms with Gasteiger partial charge >= 0.3 is 0 Å². The summed E-state index contributed by atoms with van der Waals surface area (Å²) < 4.78 is 11.6. The Bertz CT molecular complexity index is 701. The molecule has 0 spiro atoms. The monoisotopic (exact) mass is 311 g/mol. The lowest BCUT2D eigenvalue weighted by atomic mass is 10.1. The largest absolute Gasteiger partial charge is 0.490 e. The van der Waals surface area contributed by atoms with Crippen LogP contribution < -0.4 is 14.8 Å². The highest BCUT2D eigenvalue weighted by Gasteiger charge is 2.30. The van der Waals surface area contributed by atoms with E-state index in [0.717, 1.165) is 23.5 Å². The summed E-state index contributed by atoms with van der Waals surface area (Å²) in [6.45, 7) is 2.01. The van der Waals surface area contributed by atoms with Crippen molar-refractivity contribution in [2.45, 2.75) is 31.5 Å². The first-order valence-corrected chi connectivity index (χ1v) is 8.19. The van der Waals surface area contributed by atoms with Gasteiger partial charge in [0.1, 0.15) is 0 Å². The molecule has 4 nitrogen and oxygen atoms in total. The lowest BCUT2D eigenvalue weighted by Gasteiger charge is -2.19. The van der Waals surface area contributed by atoms with Crippen LogP contribution in [0.4, 0.5) is 0 Å². The van der Waals surface area contributed by atoms with Crippen LogP contribution in [-0.2, 0) is 13.0 Å². The third-order valence-electron chi connectivity index (χ3n) is 4.57. The van der Waals surface area contributed by atoms with Crippen LogP contribution in [0, 0.1) is 0 Å². The molecule has 2 aromatic carbocycles. The Balaban J connectivity index is 1.54. The summed E-state index contributed by atoms with van der Waals surface area (Å²) in [5, 5.41) is 13.8. The van der Waals surface area contributed by atoms with E-state index >= 15 is 0 Å². The molecular weight excluding hydrogens is 290 g/mol. The molecule has 120 valence electrons. The van der Waals surface area contributed by atoms with Crippen molar-refractivity contribution >= 4 is 0 Å². The molecule has 1 aliphatic heterocycles. The fourth-order valence-corrected chi connectivity index (χ4v) is 3.43. The van der Waals surface area contributed by atoms with Gasteiger partial charge in [-0.2, -0.15) is 0 Å². The summed E-state index contributed by atoms with van der Waals surface area (Å²) in [5.41, 5.74) is 3.49. The van der Waals surface area contributed by atoms with Crippen LogP contribution >= 0.6 is 0 Å². The Morgan fingerprint density at radius 1 is 1.04 bits per heavy atom. The maximum absolute atomic E-state index is 10.4. The third kappa shape index (κ3) is 2.80. The summed E-state index contributed by atoms with van der Waals surface area (Å²) in [6, 6.07) is 14.2. The number of hydrogen-bond acceptors (Lipinski definition) is 4. The van der Waals surface area contributed by atoms with Crippen LogP contribution in [-0.4, -0.2) is 24.4 Å². The Hall–Kier alpha value is -2.04. The van der Waals surface area contributed by atoms with Gasteiger partial charge in [-0.3, -0.25) is 0 Å². The van der Waals surface area contributed by atoms with Crippen LogP contribution in [0.15, 0.2) is 42.5 Å². The van der Waals surface area contributed by atoms with Gasteiger partial charge in [-0.25, -0.2) is 0 Å². The molecule has 0 radical (unpaired) electrons. The van der Waals surface area contributed by atoms with Crippen LogP contribution in [0.2, 0.25) is 0 Å². The SMILES string of the molecule is O[C@H]1Cc2ccccc2[C@@H]1NCc1cccc2c1OCCCO2. The number of aliphatic hydroxyl groups excluding tert-OH is 1. The minimum atomic E-state index is -0.383. The summed E-state index contributed by atoms with van der Waals surface area (Å²) >= 11 is 0. The van der Waals surface area contributed by atoms with Gasteiger partial charge in [-0.15, -0.1) is 0 Å². The molecule has 0 saturated heterocycles.